The van der Waals surface area contributed by atoms with Crippen LogP contribution in [0.4, 0.5) is 4.79 Å². The molecular formula is C20H19NO3. The molecule has 0 spiro atoms. The van der Waals surface area contributed by atoms with E-state index in [1.807, 2.05) is 60.7 Å². The van der Waals surface area contributed by atoms with Gasteiger partial charge in [0.25, 0.3) is 0 Å². The summed E-state index contributed by atoms with van der Waals surface area (Å²) in [5, 5.41) is 0. The van der Waals surface area contributed by atoms with E-state index in [4.69, 9.17) is 4.74 Å². The van der Waals surface area contributed by atoms with Crippen LogP contribution in [0.3, 0.4) is 0 Å². The summed E-state index contributed by atoms with van der Waals surface area (Å²) in [5.41, 5.74) is 2.28. The van der Waals surface area contributed by atoms with Crippen molar-refractivity contribution in [1.29, 1.82) is 0 Å². The fraction of sp³-hybridized carbons (Fsp3) is 0.300. The summed E-state index contributed by atoms with van der Waals surface area (Å²) < 4.78 is 5.16. The number of carbonyl (C=O) groups is 2. The highest BCUT2D eigenvalue weighted by Gasteiger charge is 2.50. The summed E-state index contributed by atoms with van der Waals surface area (Å²) >= 11 is 0. The van der Waals surface area contributed by atoms with Crippen LogP contribution in [0.15, 0.2) is 60.7 Å². The Labute approximate surface area is 141 Å². The van der Waals surface area contributed by atoms with Gasteiger partial charge in [-0.25, -0.2) is 9.69 Å². The maximum absolute atomic E-state index is 12.8. The number of rotatable bonds is 4. The largest absolute Gasteiger partial charge is 0.447 e. The fourth-order valence-electron chi connectivity index (χ4n) is 3.48. The first-order chi connectivity index (χ1) is 11.7. The molecule has 0 aromatic heterocycles. The van der Waals surface area contributed by atoms with Crippen molar-refractivity contribution in [3.63, 3.8) is 0 Å². The molecule has 2 fully saturated rings. The third-order valence-electron chi connectivity index (χ3n) is 4.85. The molecule has 1 saturated carbocycles. The number of hydrogen-bond donors (Lipinski definition) is 0. The number of benzene rings is 2. The minimum absolute atomic E-state index is 0.0905. The molecule has 122 valence electrons. The number of amides is 2. The number of carbonyl (C=O) groups excluding carboxylic acids is 2. The zero-order chi connectivity index (χ0) is 16.5. The molecule has 4 nitrogen and oxygen atoms in total. The molecule has 1 saturated heterocycles. The van der Waals surface area contributed by atoms with E-state index in [-0.39, 0.29) is 30.4 Å². The van der Waals surface area contributed by atoms with E-state index in [1.54, 1.807) is 0 Å². The average molecular weight is 321 g/mol. The van der Waals surface area contributed by atoms with Crippen LogP contribution in [0.5, 0.6) is 0 Å². The number of ether oxygens (including phenoxy) is 1. The van der Waals surface area contributed by atoms with Gasteiger partial charge in [0.2, 0.25) is 5.91 Å². The Bertz CT molecular complexity index is 744. The monoisotopic (exact) mass is 321 g/mol. The third-order valence-corrected chi connectivity index (χ3v) is 4.85. The van der Waals surface area contributed by atoms with Gasteiger partial charge >= 0.3 is 6.09 Å². The number of nitrogens with zero attached hydrogens (tertiary/aromatic N) is 1. The number of cyclic esters (lactones) is 1. The molecule has 4 heteroatoms. The Morgan fingerprint density at radius 3 is 2.42 bits per heavy atom. The van der Waals surface area contributed by atoms with Gasteiger partial charge in [-0.2, -0.15) is 0 Å². The molecule has 4 rings (SSSR count). The van der Waals surface area contributed by atoms with Crippen molar-refractivity contribution in [2.24, 2.45) is 5.92 Å². The predicted octanol–water partition coefficient (Wildman–Crippen LogP) is 3.38. The maximum Gasteiger partial charge on any atom is 0.416 e. The van der Waals surface area contributed by atoms with E-state index in [1.165, 1.54) is 10.5 Å². The molecule has 0 N–H and O–H groups in total. The van der Waals surface area contributed by atoms with Crippen molar-refractivity contribution in [1.82, 2.24) is 4.90 Å². The Morgan fingerprint density at radius 2 is 1.71 bits per heavy atom. The molecule has 1 aliphatic carbocycles. The number of imide groups is 1. The van der Waals surface area contributed by atoms with Gasteiger partial charge in [0.15, 0.2) is 0 Å². The smallest absolute Gasteiger partial charge is 0.416 e. The lowest BCUT2D eigenvalue weighted by molar-refractivity contribution is -0.130. The second-order valence-corrected chi connectivity index (χ2v) is 6.49. The summed E-state index contributed by atoms with van der Waals surface area (Å²) in [6.45, 7) is 0.280. The van der Waals surface area contributed by atoms with Gasteiger partial charge in [0, 0.05) is 5.92 Å². The summed E-state index contributed by atoms with van der Waals surface area (Å²) in [7, 11) is 0. The first kappa shape index (κ1) is 14.9. The molecule has 2 unspecified atom stereocenters. The summed E-state index contributed by atoms with van der Waals surface area (Å²) in [6, 6.07) is 19.7. The molecule has 0 bridgehead atoms. The van der Waals surface area contributed by atoms with E-state index >= 15 is 0 Å². The Morgan fingerprint density at radius 1 is 1.04 bits per heavy atom. The predicted molar refractivity (Wildman–Crippen MR) is 89.4 cm³/mol. The van der Waals surface area contributed by atoms with Crippen LogP contribution in [0.1, 0.15) is 23.5 Å². The molecule has 1 heterocycles. The highest BCUT2D eigenvalue weighted by atomic mass is 16.6. The maximum atomic E-state index is 12.8. The summed E-state index contributed by atoms with van der Waals surface area (Å²) in [6.07, 6.45) is 0.950. The van der Waals surface area contributed by atoms with Crippen molar-refractivity contribution in [3.8, 4) is 0 Å². The molecule has 2 amide bonds. The lowest BCUT2D eigenvalue weighted by Gasteiger charge is -2.19. The fourth-order valence-corrected chi connectivity index (χ4v) is 3.48. The van der Waals surface area contributed by atoms with E-state index in [9.17, 15) is 9.59 Å². The van der Waals surface area contributed by atoms with E-state index < -0.39 is 6.09 Å². The van der Waals surface area contributed by atoms with Gasteiger partial charge in [-0.1, -0.05) is 60.7 Å². The second-order valence-electron chi connectivity index (χ2n) is 6.49. The van der Waals surface area contributed by atoms with Crippen molar-refractivity contribution >= 4 is 12.0 Å². The topological polar surface area (TPSA) is 46.6 Å². The SMILES string of the molecule is O=C1OC[C@H](Cc2ccccc2)N1C(=O)C1CC1c1ccccc1. The van der Waals surface area contributed by atoms with Gasteiger partial charge in [0.1, 0.15) is 6.61 Å². The first-order valence-electron chi connectivity index (χ1n) is 8.33. The van der Waals surface area contributed by atoms with E-state index in [0.29, 0.717) is 6.42 Å². The van der Waals surface area contributed by atoms with Crippen molar-refractivity contribution in [2.75, 3.05) is 6.61 Å². The lowest BCUT2D eigenvalue weighted by Crippen LogP contribution is -2.41. The summed E-state index contributed by atoms with van der Waals surface area (Å²) in [5.74, 6) is 0.0353. The quantitative estimate of drug-likeness (QED) is 0.867. The Hall–Kier alpha value is -2.62. The minimum atomic E-state index is -0.500. The van der Waals surface area contributed by atoms with Gasteiger partial charge in [0.05, 0.1) is 6.04 Å². The molecule has 2 aromatic carbocycles. The lowest BCUT2D eigenvalue weighted by atomic mass is 10.0. The van der Waals surface area contributed by atoms with Gasteiger partial charge in [-0.15, -0.1) is 0 Å². The van der Waals surface area contributed by atoms with Crippen LogP contribution in [0.25, 0.3) is 0 Å². The third kappa shape index (κ3) is 2.80. The molecule has 2 aliphatic rings. The normalized spacial score (nSPS) is 25.4. The highest BCUT2D eigenvalue weighted by Crippen LogP contribution is 2.49. The molecule has 1 aliphatic heterocycles. The average Bonchev–Trinajstić information content (AvgIpc) is 3.35. The zero-order valence-corrected chi connectivity index (χ0v) is 13.3. The van der Waals surface area contributed by atoms with Crippen LogP contribution in [-0.2, 0) is 16.0 Å². The van der Waals surface area contributed by atoms with Crippen LogP contribution < -0.4 is 0 Å². The van der Waals surface area contributed by atoms with E-state index in [2.05, 4.69) is 0 Å². The van der Waals surface area contributed by atoms with Crippen LogP contribution in [0, 0.1) is 5.92 Å². The number of hydrogen-bond acceptors (Lipinski definition) is 3. The van der Waals surface area contributed by atoms with Crippen LogP contribution in [0.2, 0.25) is 0 Å². The molecule has 3 atom stereocenters. The molecule has 24 heavy (non-hydrogen) atoms. The van der Waals surface area contributed by atoms with E-state index in [0.717, 1.165) is 12.0 Å². The molecule has 2 aromatic rings. The van der Waals surface area contributed by atoms with Gasteiger partial charge < -0.3 is 4.74 Å². The highest BCUT2D eigenvalue weighted by molar-refractivity contribution is 5.96. The first-order valence-corrected chi connectivity index (χ1v) is 8.33. The van der Waals surface area contributed by atoms with Crippen molar-refractivity contribution < 1.29 is 14.3 Å². The Balaban J connectivity index is 1.47. The Kier molecular flexibility index (Phi) is 3.81. The van der Waals surface area contributed by atoms with Crippen LogP contribution in [-0.4, -0.2) is 29.5 Å². The van der Waals surface area contributed by atoms with Crippen molar-refractivity contribution in [3.05, 3.63) is 71.8 Å². The summed E-state index contributed by atoms with van der Waals surface area (Å²) in [4.78, 5) is 26.2. The van der Waals surface area contributed by atoms with Crippen LogP contribution >= 0.6 is 0 Å². The molecular weight excluding hydrogens is 302 g/mol. The van der Waals surface area contributed by atoms with Crippen molar-refractivity contribution in [2.45, 2.75) is 24.8 Å². The standard InChI is InChI=1S/C20H19NO3/c22-19(18-12-17(18)15-9-5-2-6-10-15)21-16(13-24-20(21)23)11-14-7-3-1-4-8-14/h1-10,16-18H,11-13H2/t16-,17?,18?/m0/s1. The zero-order valence-electron chi connectivity index (χ0n) is 13.3. The molecule has 0 radical (unpaired) electrons. The minimum Gasteiger partial charge on any atom is -0.447 e. The van der Waals surface area contributed by atoms with Gasteiger partial charge in [-0.05, 0) is 29.9 Å². The second kappa shape index (κ2) is 6.11. The van der Waals surface area contributed by atoms with Gasteiger partial charge in [-0.3, -0.25) is 4.79 Å².